The molecular weight excluding hydrogens is 552 g/mol. The quantitative estimate of drug-likeness (QED) is 0.340. The number of ether oxygens (including phenoxy) is 3. The lowest BCUT2D eigenvalue weighted by atomic mass is 9.99. The second kappa shape index (κ2) is 11.2. The van der Waals surface area contributed by atoms with Crippen LogP contribution in [0, 0.1) is 6.92 Å². The Morgan fingerprint density at radius 3 is 2.52 bits per heavy atom. The predicted octanol–water partition coefficient (Wildman–Crippen LogP) is 4.60. The number of carbonyl (C=O) groups is 2. The largest absolute Gasteiger partial charge is 0.454 e. The molecule has 1 aromatic heterocycles. The Balaban J connectivity index is 1.44. The van der Waals surface area contributed by atoms with E-state index in [1.165, 1.54) is 11.8 Å². The Bertz CT molecular complexity index is 1630. The number of aryl methyl sites for hydroxylation is 1. The van der Waals surface area contributed by atoms with Gasteiger partial charge in [-0.25, -0.2) is 4.68 Å². The Hall–Kier alpha value is -4.28. The number of nitrogens with zero attached hydrogens (tertiary/aromatic N) is 4. The van der Waals surface area contributed by atoms with Gasteiger partial charge in [0.15, 0.2) is 11.5 Å². The topological polar surface area (TPSA) is 86.1 Å². The fourth-order valence-corrected chi connectivity index (χ4v) is 6.77. The van der Waals surface area contributed by atoms with Crippen LogP contribution in [0.2, 0.25) is 0 Å². The number of aromatic nitrogens is 2. The lowest BCUT2D eigenvalue weighted by molar-refractivity contribution is -0.134. The summed E-state index contributed by atoms with van der Waals surface area (Å²) in [5.41, 5.74) is 5.47. The Morgan fingerprint density at radius 2 is 1.74 bits per heavy atom. The standard InChI is InChI=1S/C32H30N4O5S/c1-21-7-10-24(11-8-21)36-32-29(30(33-36)22-5-3-2-4-6-22)31(23-9-12-25-26(17-23)41-20-40-25)42-19-28(38)35(32)18-27(37)34-13-15-39-16-14-34/h2-12,17,31H,13-16,18-20H2,1H3/t31-/m0/s1. The zero-order valence-electron chi connectivity index (χ0n) is 23.2. The van der Waals surface area contributed by atoms with Gasteiger partial charge >= 0.3 is 0 Å². The summed E-state index contributed by atoms with van der Waals surface area (Å²) in [5.74, 6) is 1.94. The summed E-state index contributed by atoms with van der Waals surface area (Å²) in [6, 6.07) is 24.0. The molecule has 3 aliphatic rings. The van der Waals surface area contributed by atoms with Crippen LogP contribution in [0.25, 0.3) is 16.9 Å². The van der Waals surface area contributed by atoms with E-state index < -0.39 is 0 Å². The third-order valence-electron chi connectivity index (χ3n) is 7.77. The van der Waals surface area contributed by atoms with Crippen molar-refractivity contribution in [2.45, 2.75) is 12.2 Å². The van der Waals surface area contributed by atoms with Crippen LogP contribution in [0.3, 0.4) is 0 Å². The van der Waals surface area contributed by atoms with E-state index in [1.54, 1.807) is 9.80 Å². The monoisotopic (exact) mass is 582 g/mol. The average molecular weight is 583 g/mol. The number of fused-ring (bicyclic) bond motifs is 2. The van der Waals surface area contributed by atoms with Crippen LogP contribution >= 0.6 is 11.8 Å². The molecule has 0 saturated carbocycles. The molecule has 4 heterocycles. The molecule has 0 bridgehead atoms. The lowest BCUT2D eigenvalue weighted by Gasteiger charge is -2.30. The van der Waals surface area contributed by atoms with Gasteiger partial charge in [0.2, 0.25) is 18.6 Å². The van der Waals surface area contributed by atoms with Gasteiger partial charge < -0.3 is 19.1 Å². The van der Waals surface area contributed by atoms with Crippen molar-refractivity contribution in [1.29, 1.82) is 0 Å². The Labute approximate surface area is 248 Å². The number of hydrogen-bond donors (Lipinski definition) is 0. The fourth-order valence-electron chi connectivity index (χ4n) is 5.58. The van der Waals surface area contributed by atoms with Crippen LogP contribution in [0.5, 0.6) is 11.5 Å². The van der Waals surface area contributed by atoms with Crippen molar-refractivity contribution >= 4 is 29.4 Å². The molecule has 0 aliphatic carbocycles. The minimum atomic E-state index is -0.253. The summed E-state index contributed by atoms with van der Waals surface area (Å²) >= 11 is 1.53. The van der Waals surface area contributed by atoms with Crippen molar-refractivity contribution < 1.29 is 23.8 Å². The lowest BCUT2D eigenvalue weighted by Crippen LogP contribution is -2.48. The van der Waals surface area contributed by atoms with E-state index in [0.717, 1.165) is 33.6 Å². The second-order valence-electron chi connectivity index (χ2n) is 10.5. The molecule has 4 aromatic rings. The van der Waals surface area contributed by atoms with Gasteiger partial charge in [0.25, 0.3) is 0 Å². The van der Waals surface area contributed by atoms with Crippen molar-refractivity contribution in [3.8, 4) is 28.4 Å². The molecular formula is C32H30N4O5S. The minimum Gasteiger partial charge on any atom is -0.454 e. The second-order valence-corrected chi connectivity index (χ2v) is 11.6. The number of rotatable bonds is 5. The van der Waals surface area contributed by atoms with E-state index in [1.807, 2.05) is 84.4 Å². The molecule has 0 radical (unpaired) electrons. The highest BCUT2D eigenvalue weighted by Crippen LogP contribution is 2.50. The Kier molecular flexibility index (Phi) is 7.09. The van der Waals surface area contributed by atoms with Crippen LogP contribution in [-0.4, -0.2) is 71.9 Å². The van der Waals surface area contributed by atoms with Crippen molar-refractivity contribution in [3.63, 3.8) is 0 Å². The molecule has 0 unspecified atom stereocenters. The molecule has 7 rings (SSSR count). The highest BCUT2D eigenvalue weighted by molar-refractivity contribution is 8.00. The van der Waals surface area contributed by atoms with Gasteiger partial charge in [-0.3, -0.25) is 14.5 Å². The van der Waals surface area contributed by atoms with E-state index in [4.69, 9.17) is 19.3 Å². The van der Waals surface area contributed by atoms with Crippen LogP contribution in [0.15, 0.2) is 72.8 Å². The zero-order chi connectivity index (χ0) is 28.6. The molecule has 0 spiro atoms. The van der Waals surface area contributed by atoms with Gasteiger partial charge in [0.1, 0.15) is 12.4 Å². The average Bonchev–Trinajstić information content (AvgIpc) is 3.63. The summed E-state index contributed by atoms with van der Waals surface area (Å²) in [5, 5.41) is 4.91. The number of hydrogen-bond acceptors (Lipinski definition) is 7. The first kappa shape index (κ1) is 26.6. The molecule has 42 heavy (non-hydrogen) atoms. The van der Waals surface area contributed by atoms with Gasteiger partial charge in [-0.2, -0.15) is 5.10 Å². The maximum atomic E-state index is 14.0. The van der Waals surface area contributed by atoms with Crippen molar-refractivity contribution in [2.75, 3.05) is 50.3 Å². The number of carbonyl (C=O) groups excluding carboxylic acids is 2. The molecule has 0 N–H and O–H groups in total. The van der Waals surface area contributed by atoms with E-state index in [0.29, 0.717) is 43.6 Å². The van der Waals surface area contributed by atoms with Crippen molar-refractivity contribution in [1.82, 2.24) is 14.7 Å². The first-order chi connectivity index (χ1) is 20.6. The van der Waals surface area contributed by atoms with E-state index in [-0.39, 0.29) is 36.2 Å². The summed E-state index contributed by atoms with van der Waals surface area (Å²) in [4.78, 5) is 31.0. The first-order valence-corrected chi connectivity index (χ1v) is 15.0. The molecule has 2 amide bonds. The van der Waals surface area contributed by atoms with Crippen LogP contribution < -0.4 is 14.4 Å². The minimum absolute atomic E-state index is 0.0773. The number of thioether (sulfide) groups is 1. The molecule has 214 valence electrons. The van der Waals surface area contributed by atoms with Crippen LogP contribution in [0.4, 0.5) is 5.82 Å². The number of anilines is 1. The third-order valence-corrected chi connectivity index (χ3v) is 9.03. The zero-order valence-corrected chi connectivity index (χ0v) is 24.0. The smallest absolute Gasteiger partial charge is 0.242 e. The molecule has 10 heteroatoms. The van der Waals surface area contributed by atoms with E-state index in [9.17, 15) is 9.59 Å². The predicted molar refractivity (Wildman–Crippen MR) is 160 cm³/mol. The Morgan fingerprint density at radius 1 is 0.976 bits per heavy atom. The normalized spacial score (nSPS) is 18.1. The molecule has 1 fully saturated rings. The number of amides is 2. The van der Waals surface area contributed by atoms with Gasteiger partial charge in [0.05, 0.1) is 35.6 Å². The third kappa shape index (κ3) is 4.90. The van der Waals surface area contributed by atoms with Gasteiger partial charge in [-0.1, -0.05) is 54.1 Å². The fraction of sp³-hybridized carbons (Fsp3) is 0.281. The van der Waals surface area contributed by atoms with Gasteiger partial charge in [-0.05, 0) is 36.8 Å². The van der Waals surface area contributed by atoms with Gasteiger partial charge in [0, 0.05) is 24.2 Å². The number of morpholine rings is 1. The van der Waals surface area contributed by atoms with Gasteiger partial charge in [-0.15, -0.1) is 11.8 Å². The molecule has 9 nitrogen and oxygen atoms in total. The number of benzene rings is 3. The van der Waals surface area contributed by atoms with E-state index in [2.05, 4.69) is 0 Å². The molecule has 3 aliphatic heterocycles. The summed E-state index contributed by atoms with van der Waals surface area (Å²) in [6.07, 6.45) is 0. The highest BCUT2D eigenvalue weighted by atomic mass is 32.2. The van der Waals surface area contributed by atoms with Crippen molar-refractivity contribution in [3.05, 3.63) is 89.5 Å². The van der Waals surface area contributed by atoms with Crippen LogP contribution in [0.1, 0.15) is 21.9 Å². The first-order valence-electron chi connectivity index (χ1n) is 14.0. The summed E-state index contributed by atoms with van der Waals surface area (Å²) in [6.45, 7) is 4.14. The SMILES string of the molecule is Cc1ccc(-n2nc(-c3ccccc3)c3c2N(CC(=O)N2CCOCC2)C(=O)CS[C@H]3c2ccc3c(c2)OCO3)cc1. The molecule has 1 saturated heterocycles. The molecule has 3 aromatic carbocycles. The van der Waals surface area contributed by atoms with E-state index >= 15 is 0 Å². The maximum Gasteiger partial charge on any atom is 0.242 e. The van der Waals surface area contributed by atoms with Crippen LogP contribution in [-0.2, 0) is 14.3 Å². The molecule has 1 atom stereocenters. The van der Waals surface area contributed by atoms with Crippen molar-refractivity contribution in [2.24, 2.45) is 0 Å². The maximum absolute atomic E-state index is 14.0. The highest BCUT2D eigenvalue weighted by Gasteiger charge is 2.38. The summed E-state index contributed by atoms with van der Waals surface area (Å²) in [7, 11) is 0. The summed E-state index contributed by atoms with van der Waals surface area (Å²) < 4.78 is 18.6.